The summed E-state index contributed by atoms with van der Waals surface area (Å²) in [7, 11) is 0. The van der Waals surface area contributed by atoms with Crippen LogP contribution in [0.5, 0.6) is 5.88 Å². The molecule has 6 nitrogen and oxygen atoms in total. The SMILES string of the molecule is Cc1nnc(OC2CC(C)OC(C)C2)c(C(=N)N)c1C. The number of nitrogen functional groups attached to an aromatic ring is 1. The Kier molecular flexibility index (Phi) is 4.23. The Balaban J connectivity index is 2.25. The number of ether oxygens (including phenoxy) is 2. The van der Waals surface area contributed by atoms with Crippen LogP contribution in [0.4, 0.5) is 0 Å². The van der Waals surface area contributed by atoms with Gasteiger partial charge in [-0.1, -0.05) is 0 Å². The zero-order chi connectivity index (χ0) is 14.9. The van der Waals surface area contributed by atoms with Crippen LogP contribution in [0.1, 0.15) is 43.5 Å². The Morgan fingerprint density at radius 2 is 1.85 bits per heavy atom. The normalized spacial score (nSPS) is 26.3. The lowest BCUT2D eigenvalue weighted by Gasteiger charge is -2.32. The topological polar surface area (TPSA) is 94.1 Å². The molecule has 0 spiro atoms. The number of nitrogens with zero attached hydrogens (tertiary/aromatic N) is 2. The van der Waals surface area contributed by atoms with Crippen molar-refractivity contribution in [2.75, 3.05) is 0 Å². The Morgan fingerprint density at radius 1 is 1.25 bits per heavy atom. The van der Waals surface area contributed by atoms with Crippen LogP contribution >= 0.6 is 0 Å². The molecule has 0 aliphatic carbocycles. The molecule has 1 aromatic heterocycles. The van der Waals surface area contributed by atoms with Crippen molar-refractivity contribution in [1.29, 1.82) is 5.41 Å². The molecule has 1 aliphatic rings. The lowest BCUT2D eigenvalue weighted by molar-refractivity contribution is -0.0731. The van der Waals surface area contributed by atoms with Crippen molar-refractivity contribution in [2.24, 2.45) is 5.73 Å². The summed E-state index contributed by atoms with van der Waals surface area (Å²) in [5.74, 6) is 0.315. The van der Waals surface area contributed by atoms with Crippen LogP contribution in [-0.2, 0) is 4.74 Å². The van der Waals surface area contributed by atoms with E-state index in [2.05, 4.69) is 10.2 Å². The number of aromatic nitrogens is 2. The Labute approximate surface area is 119 Å². The number of hydrogen-bond acceptors (Lipinski definition) is 5. The second-order valence-electron chi connectivity index (χ2n) is 5.47. The number of nitrogens with one attached hydrogen (secondary N) is 1. The molecule has 1 fully saturated rings. The molecular weight excluding hydrogens is 256 g/mol. The number of aryl methyl sites for hydroxylation is 1. The van der Waals surface area contributed by atoms with Crippen LogP contribution < -0.4 is 10.5 Å². The van der Waals surface area contributed by atoms with Gasteiger partial charge in [-0.25, -0.2) is 0 Å². The van der Waals surface area contributed by atoms with Gasteiger partial charge in [-0.05, 0) is 33.3 Å². The molecule has 0 saturated carbocycles. The maximum Gasteiger partial charge on any atom is 0.245 e. The fourth-order valence-corrected chi connectivity index (χ4v) is 2.58. The molecular formula is C14H22N4O2. The molecule has 20 heavy (non-hydrogen) atoms. The van der Waals surface area contributed by atoms with Crippen molar-refractivity contribution < 1.29 is 9.47 Å². The van der Waals surface area contributed by atoms with E-state index in [1.807, 2.05) is 27.7 Å². The first-order valence-corrected chi connectivity index (χ1v) is 6.88. The highest BCUT2D eigenvalue weighted by atomic mass is 16.5. The van der Waals surface area contributed by atoms with E-state index in [1.165, 1.54) is 0 Å². The van der Waals surface area contributed by atoms with E-state index in [0.717, 1.165) is 24.1 Å². The average Bonchev–Trinajstić information content (AvgIpc) is 2.32. The number of amidine groups is 1. The summed E-state index contributed by atoms with van der Waals surface area (Å²) in [4.78, 5) is 0. The lowest BCUT2D eigenvalue weighted by Crippen LogP contribution is -2.36. The predicted octanol–water partition coefficient (Wildman–Crippen LogP) is 1.71. The van der Waals surface area contributed by atoms with Crippen LogP contribution in [0, 0.1) is 19.3 Å². The van der Waals surface area contributed by atoms with E-state index in [-0.39, 0.29) is 24.1 Å². The molecule has 6 heteroatoms. The summed E-state index contributed by atoms with van der Waals surface area (Å²) in [6.45, 7) is 7.79. The van der Waals surface area contributed by atoms with Gasteiger partial charge in [-0.2, -0.15) is 5.10 Å². The van der Waals surface area contributed by atoms with E-state index in [4.69, 9.17) is 20.6 Å². The zero-order valence-corrected chi connectivity index (χ0v) is 12.4. The molecule has 2 heterocycles. The van der Waals surface area contributed by atoms with Gasteiger partial charge >= 0.3 is 0 Å². The third-order valence-electron chi connectivity index (χ3n) is 3.62. The second-order valence-corrected chi connectivity index (χ2v) is 5.47. The number of hydrogen-bond donors (Lipinski definition) is 2. The van der Waals surface area contributed by atoms with Gasteiger partial charge in [-0.15, -0.1) is 5.10 Å². The van der Waals surface area contributed by atoms with Gasteiger partial charge in [0.25, 0.3) is 0 Å². The summed E-state index contributed by atoms with van der Waals surface area (Å²) in [6, 6.07) is 0. The molecule has 110 valence electrons. The quantitative estimate of drug-likeness (QED) is 0.648. The Hall–Kier alpha value is -1.69. The van der Waals surface area contributed by atoms with E-state index in [9.17, 15) is 0 Å². The van der Waals surface area contributed by atoms with Gasteiger partial charge in [0.15, 0.2) is 0 Å². The third kappa shape index (κ3) is 3.07. The summed E-state index contributed by atoms with van der Waals surface area (Å²) < 4.78 is 11.6. The first-order chi connectivity index (χ1) is 9.38. The van der Waals surface area contributed by atoms with Gasteiger partial charge in [0.1, 0.15) is 11.9 Å². The molecule has 2 unspecified atom stereocenters. The van der Waals surface area contributed by atoms with Gasteiger partial charge in [0.05, 0.1) is 23.5 Å². The summed E-state index contributed by atoms with van der Waals surface area (Å²) >= 11 is 0. The van der Waals surface area contributed by atoms with Crippen molar-refractivity contribution in [3.63, 3.8) is 0 Å². The molecule has 0 radical (unpaired) electrons. The molecule has 0 bridgehead atoms. The first-order valence-electron chi connectivity index (χ1n) is 6.88. The fourth-order valence-electron chi connectivity index (χ4n) is 2.58. The molecule has 1 aliphatic heterocycles. The fraction of sp³-hybridized carbons (Fsp3) is 0.643. The average molecular weight is 278 g/mol. The van der Waals surface area contributed by atoms with Gasteiger partial charge in [0.2, 0.25) is 5.88 Å². The van der Waals surface area contributed by atoms with Crippen molar-refractivity contribution in [2.45, 2.75) is 58.8 Å². The Bertz CT molecular complexity index is 508. The second kappa shape index (κ2) is 5.75. The van der Waals surface area contributed by atoms with Crippen LogP contribution in [0.2, 0.25) is 0 Å². The monoisotopic (exact) mass is 278 g/mol. The van der Waals surface area contributed by atoms with Crippen molar-refractivity contribution in [1.82, 2.24) is 10.2 Å². The van der Waals surface area contributed by atoms with Gasteiger partial charge < -0.3 is 15.2 Å². The van der Waals surface area contributed by atoms with E-state index >= 15 is 0 Å². The zero-order valence-electron chi connectivity index (χ0n) is 12.4. The number of rotatable bonds is 3. The molecule has 2 rings (SSSR count). The standard InChI is InChI=1S/C14H22N4O2/c1-7-5-11(6-8(2)19-7)20-14-12(13(15)16)9(3)10(4)17-18-14/h7-8,11H,5-6H2,1-4H3,(H3,15,16). The minimum absolute atomic E-state index is 0.0169. The van der Waals surface area contributed by atoms with Crippen LogP contribution in [-0.4, -0.2) is 34.3 Å². The highest BCUT2D eigenvalue weighted by molar-refractivity contribution is 5.98. The third-order valence-corrected chi connectivity index (χ3v) is 3.62. The van der Waals surface area contributed by atoms with Crippen LogP contribution in [0.15, 0.2) is 0 Å². The lowest BCUT2D eigenvalue weighted by atomic mass is 10.0. The minimum Gasteiger partial charge on any atom is -0.473 e. The summed E-state index contributed by atoms with van der Waals surface area (Å²) in [5, 5.41) is 15.9. The van der Waals surface area contributed by atoms with Gasteiger partial charge in [-0.3, -0.25) is 5.41 Å². The predicted molar refractivity (Wildman–Crippen MR) is 76.2 cm³/mol. The molecule has 1 aromatic rings. The molecule has 1 saturated heterocycles. The molecule has 0 amide bonds. The highest BCUT2D eigenvalue weighted by Crippen LogP contribution is 2.26. The van der Waals surface area contributed by atoms with E-state index < -0.39 is 0 Å². The van der Waals surface area contributed by atoms with Crippen molar-refractivity contribution in [3.05, 3.63) is 16.8 Å². The number of nitrogens with two attached hydrogens (primary N) is 1. The maximum absolute atomic E-state index is 7.72. The molecule has 2 atom stereocenters. The largest absolute Gasteiger partial charge is 0.473 e. The van der Waals surface area contributed by atoms with Crippen LogP contribution in [0.3, 0.4) is 0 Å². The highest BCUT2D eigenvalue weighted by Gasteiger charge is 2.27. The molecule has 0 aromatic carbocycles. The summed E-state index contributed by atoms with van der Waals surface area (Å²) in [6.07, 6.45) is 1.93. The van der Waals surface area contributed by atoms with Crippen LogP contribution in [0.25, 0.3) is 0 Å². The summed E-state index contributed by atoms with van der Waals surface area (Å²) in [5.41, 5.74) is 7.80. The van der Waals surface area contributed by atoms with E-state index in [0.29, 0.717) is 11.4 Å². The molecule has 3 N–H and O–H groups in total. The van der Waals surface area contributed by atoms with Crippen molar-refractivity contribution in [3.8, 4) is 5.88 Å². The maximum atomic E-state index is 7.72. The smallest absolute Gasteiger partial charge is 0.245 e. The van der Waals surface area contributed by atoms with E-state index in [1.54, 1.807) is 0 Å². The minimum atomic E-state index is -0.0383. The first kappa shape index (κ1) is 14.7. The Morgan fingerprint density at radius 3 is 2.40 bits per heavy atom. The van der Waals surface area contributed by atoms with Gasteiger partial charge in [0, 0.05) is 12.8 Å². The van der Waals surface area contributed by atoms with Crippen molar-refractivity contribution >= 4 is 5.84 Å².